The quantitative estimate of drug-likeness (QED) is 0.115. The Morgan fingerprint density at radius 1 is 0.800 bits per heavy atom. The van der Waals surface area contributed by atoms with E-state index in [9.17, 15) is 14.7 Å². The number of pyridine rings is 1. The topological polar surface area (TPSA) is 103 Å². The smallest absolute Gasteiger partial charge is 0.180 e. The SMILES string of the molecule is CC(C)(C)c1cc(CCCOc2cccc3ccc(C4C(=O)c5cc6cccc(N)c6cc5C4=O)nc23)cc(C(C)(C)C)c1O. The molecule has 6 heteroatoms. The Hall–Kier alpha value is -4.71. The van der Waals surface area contributed by atoms with Crippen molar-refractivity contribution in [3.05, 3.63) is 106 Å². The standard InChI is InChI=1S/C39H40N2O4/c1-38(2,3)28-18-22(19-29(37(28)44)39(4,5)6)10-9-17-45-32-14-8-11-23-15-16-31(41-34(23)32)33-35(42)26-20-24-12-7-13-30(40)25(24)21-27(26)36(33)43/h7-8,11-16,18-21,33,44H,9-10,17,40H2,1-6H3. The predicted molar refractivity (Wildman–Crippen MR) is 181 cm³/mol. The van der Waals surface area contributed by atoms with Crippen LogP contribution in [-0.4, -0.2) is 28.3 Å². The van der Waals surface area contributed by atoms with Gasteiger partial charge in [-0.15, -0.1) is 0 Å². The number of anilines is 1. The largest absolute Gasteiger partial charge is 0.507 e. The predicted octanol–water partition coefficient (Wildman–Crippen LogP) is 8.45. The normalized spacial score (nSPS) is 15.2. The lowest BCUT2D eigenvalue weighted by Gasteiger charge is -2.28. The molecule has 1 heterocycles. The Bertz CT molecular complexity index is 1960. The number of rotatable bonds is 6. The van der Waals surface area contributed by atoms with Crippen LogP contribution >= 0.6 is 0 Å². The summed E-state index contributed by atoms with van der Waals surface area (Å²) >= 11 is 0. The fourth-order valence-corrected chi connectivity index (χ4v) is 6.31. The second-order valence-corrected chi connectivity index (χ2v) is 14.2. The molecule has 1 aromatic heterocycles. The van der Waals surface area contributed by atoms with Crippen molar-refractivity contribution in [2.75, 3.05) is 12.3 Å². The number of nitrogens with two attached hydrogens (primary N) is 1. The number of carbonyl (C=O) groups is 2. The van der Waals surface area contributed by atoms with Gasteiger partial charge in [0.2, 0.25) is 0 Å². The zero-order valence-corrected chi connectivity index (χ0v) is 26.8. The van der Waals surface area contributed by atoms with Gasteiger partial charge in [0, 0.05) is 27.6 Å². The van der Waals surface area contributed by atoms with Crippen molar-refractivity contribution in [1.82, 2.24) is 4.98 Å². The average molecular weight is 601 g/mol. The van der Waals surface area contributed by atoms with Crippen molar-refractivity contribution in [2.45, 2.75) is 71.1 Å². The molecule has 1 aliphatic carbocycles. The van der Waals surface area contributed by atoms with Crippen molar-refractivity contribution in [3.63, 3.8) is 0 Å². The van der Waals surface area contributed by atoms with Gasteiger partial charge in [0.15, 0.2) is 11.6 Å². The van der Waals surface area contributed by atoms with Crippen molar-refractivity contribution >= 4 is 38.9 Å². The molecule has 1 atom stereocenters. The second-order valence-electron chi connectivity index (χ2n) is 14.2. The number of aromatic nitrogens is 1. The van der Waals surface area contributed by atoms with Crippen molar-refractivity contribution < 1.29 is 19.4 Å². The van der Waals surface area contributed by atoms with E-state index in [1.807, 2.05) is 36.4 Å². The number of hydrogen-bond donors (Lipinski definition) is 2. The van der Waals surface area contributed by atoms with Gasteiger partial charge in [-0.05, 0) is 76.1 Å². The van der Waals surface area contributed by atoms with E-state index in [1.165, 1.54) is 0 Å². The molecule has 4 aromatic carbocycles. The molecular weight excluding hydrogens is 560 g/mol. The molecule has 1 aliphatic rings. The first-order valence-corrected chi connectivity index (χ1v) is 15.5. The summed E-state index contributed by atoms with van der Waals surface area (Å²) in [6.45, 7) is 13.2. The molecule has 1 unspecified atom stereocenters. The van der Waals surface area contributed by atoms with E-state index in [1.54, 1.807) is 24.3 Å². The number of benzene rings is 4. The lowest BCUT2D eigenvalue weighted by molar-refractivity contribution is 0.0888. The number of fused-ring (bicyclic) bond motifs is 3. The number of carbonyl (C=O) groups excluding carboxylic acids is 2. The molecule has 0 amide bonds. The van der Waals surface area contributed by atoms with Gasteiger partial charge in [0.25, 0.3) is 0 Å². The number of aryl methyl sites for hydroxylation is 1. The fourth-order valence-electron chi connectivity index (χ4n) is 6.31. The summed E-state index contributed by atoms with van der Waals surface area (Å²) in [6.07, 6.45) is 1.55. The van der Waals surface area contributed by atoms with Gasteiger partial charge in [-0.2, -0.15) is 0 Å². The first kappa shape index (κ1) is 30.3. The van der Waals surface area contributed by atoms with Gasteiger partial charge in [-0.1, -0.05) is 84.0 Å². The van der Waals surface area contributed by atoms with Crippen molar-refractivity contribution in [1.29, 1.82) is 0 Å². The van der Waals surface area contributed by atoms with E-state index in [0.717, 1.165) is 45.7 Å². The molecule has 0 spiro atoms. The Morgan fingerprint density at radius 3 is 2.09 bits per heavy atom. The Kier molecular flexibility index (Phi) is 7.43. The lowest BCUT2D eigenvalue weighted by Crippen LogP contribution is -2.18. The number of nitrogen functional groups attached to an aromatic ring is 1. The van der Waals surface area contributed by atoms with Crippen LogP contribution in [0.3, 0.4) is 0 Å². The maximum absolute atomic E-state index is 13.6. The first-order chi connectivity index (χ1) is 21.2. The third-order valence-electron chi connectivity index (χ3n) is 8.76. The molecule has 0 bridgehead atoms. The van der Waals surface area contributed by atoms with Crippen LogP contribution in [-0.2, 0) is 17.3 Å². The van der Waals surface area contributed by atoms with Crippen LogP contribution in [0.4, 0.5) is 5.69 Å². The summed E-state index contributed by atoms with van der Waals surface area (Å²) in [5.74, 6) is -0.516. The number of nitrogens with zero attached hydrogens (tertiary/aromatic N) is 1. The number of para-hydroxylation sites is 1. The number of hydrogen-bond acceptors (Lipinski definition) is 6. The van der Waals surface area contributed by atoms with Gasteiger partial charge >= 0.3 is 0 Å². The third kappa shape index (κ3) is 5.54. The van der Waals surface area contributed by atoms with E-state index in [0.29, 0.717) is 46.1 Å². The maximum Gasteiger partial charge on any atom is 0.180 e. The van der Waals surface area contributed by atoms with E-state index in [2.05, 4.69) is 53.7 Å². The van der Waals surface area contributed by atoms with Crippen LogP contribution in [0.25, 0.3) is 21.7 Å². The molecule has 6 rings (SSSR count). The fraction of sp³-hybridized carbons (Fsp3) is 0.308. The molecule has 0 fully saturated rings. The highest BCUT2D eigenvalue weighted by Gasteiger charge is 2.41. The molecule has 5 aromatic rings. The number of ether oxygens (including phenoxy) is 1. The van der Waals surface area contributed by atoms with Crippen LogP contribution in [0, 0.1) is 0 Å². The van der Waals surface area contributed by atoms with Crippen molar-refractivity contribution in [3.8, 4) is 11.5 Å². The Morgan fingerprint density at radius 2 is 1.42 bits per heavy atom. The molecule has 0 radical (unpaired) electrons. The summed E-state index contributed by atoms with van der Waals surface area (Å²) in [5.41, 5.74) is 11.2. The monoisotopic (exact) mass is 600 g/mol. The highest BCUT2D eigenvalue weighted by atomic mass is 16.5. The number of Topliss-reactive ketones (excluding diaryl/α,β-unsaturated/α-hetero) is 2. The molecule has 0 aliphatic heterocycles. The zero-order valence-electron chi connectivity index (χ0n) is 26.8. The lowest BCUT2D eigenvalue weighted by atomic mass is 9.78. The van der Waals surface area contributed by atoms with Crippen LogP contribution in [0.15, 0.2) is 72.8 Å². The molecule has 0 saturated carbocycles. The molecule has 6 nitrogen and oxygen atoms in total. The summed E-state index contributed by atoms with van der Waals surface area (Å²) < 4.78 is 6.26. The first-order valence-electron chi connectivity index (χ1n) is 15.5. The minimum Gasteiger partial charge on any atom is -0.507 e. The Labute approximate surface area is 264 Å². The number of phenols is 1. The maximum atomic E-state index is 13.6. The van der Waals surface area contributed by atoms with Crippen LogP contribution in [0.1, 0.15) is 97.0 Å². The summed E-state index contributed by atoms with van der Waals surface area (Å²) in [6, 6.07) is 22.6. The average Bonchev–Trinajstić information content (AvgIpc) is 3.22. The van der Waals surface area contributed by atoms with Crippen LogP contribution in [0.5, 0.6) is 11.5 Å². The molecular formula is C39H40N2O4. The molecule has 45 heavy (non-hydrogen) atoms. The molecule has 0 saturated heterocycles. The van der Waals surface area contributed by atoms with Gasteiger partial charge < -0.3 is 15.6 Å². The van der Waals surface area contributed by atoms with E-state index < -0.39 is 5.92 Å². The van der Waals surface area contributed by atoms with E-state index in [4.69, 9.17) is 15.5 Å². The third-order valence-corrected chi connectivity index (χ3v) is 8.76. The highest BCUT2D eigenvalue weighted by molar-refractivity contribution is 6.31. The van der Waals surface area contributed by atoms with E-state index >= 15 is 0 Å². The summed E-state index contributed by atoms with van der Waals surface area (Å²) in [4.78, 5) is 32.0. The molecule has 230 valence electrons. The zero-order chi connectivity index (χ0) is 32.3. The van der Waals surface area contributed by atoms with Crippen LogP contribution < -0.4 is 10.5 Å². The Balaban J connectivity index is 1.23. The number of phenolic OH excluding ortho intramolecular Hbond substituents is 1. The van der Waals surface area contributed by atoms with Gasteiger partial charge in [0.1, 0.15) is 22.9 Å². The number of ketones is 2. The summed E-state index contributed by atoms with van der Waals surface area (Å²) in [5, 5.41) is 13.5. The summed E-state index contributed by atoms with van der Waals surface area (Å²) in [7, 11) is 0. The minimum absolute atomic E-state index is 0.187. The van der Waals surface area contributed by atoms with Gasteiger partial charge in [-0.3, -0.25) is 9.59 Å². The highest BCUT2D eigenvalue weighted by Crippen LogP contribution is 2.41. The number of aromatic hydroxyl groups is 1. The van der Waals surface area contributed by atoms with Crippen molar-refractivity contribution in [2.24, 2.45) is 0 Å². The second kappa shape index (κ2) is 11.0. The van der Waals surface area contributed by atoms with Crippen LogP contribution in [0.2, 0.25) is 0 Å². The van der Waals surface area contributed by atoms with Gasteiger partial charge in [-0.25, -0.2) is 4.98 Å². The van der Waals surface area contributed by atoms with Gasteiger partial charge in [0.05, 0.1) is 12.3 Å². The minimum atomic E-state index is -1.00. The molecule has 3 N–H and O–H groups in total. The van der Waals surface area contributed by atoms with E-state index in [-0.39, 0.29) is 22.4 Å².